The lowest BCUT2D eigenvalue weighted by molar-refractivity contribution is -0.379. The number of rotatable bonds is 61. The fourth-order valence-corrected chi connectivity index (χ4v) is 13.1. The van der Waals surface area contributed by atoms with Gasteiger partial charge in [-0.05, 0) is 64.2 Å². The Bertz CT molecular complexity index is 1930. The minimum atomic E-state index is -1.98. The third kappa shape index (κ3) is 38.7. The van der Waals surface area contributed by atoms with E-state index in [-0.39, 0.29) is 18.9 Å². The average molecular weight is 1370 g/mol. The van der Waals surface area contributed by atoms with Gasteiger partial charge in [0.1, 0.15) is 73.2 Å². The van der Waals surface area contributed by atoms with Gasteiger partial charge in [0.25, 0.3) is 0 Å². The molecule has 3 heterocycles. The first-order valence-electron chi connectivity index (χ1n) is 38.9. The molecule has 3 aliphatic heterocycles. The summed E-state index contributed by atoms with van der Waals surface area (Å²) >= 11 is 0. The summed E-state index contributed by atoms with van der Waals surface area (Å²) in [4.78, 5) is 13.4. The Kier molecular flexibility index (Phi) is 53.4. The minimum absolute atomic E-state index is 0.239. The molecular weight excluding hydrogens is 1230 g/mol. The first-order valence-corrected chi connectivity index (χ1v) is 38.9. The van der Waals surface area contributed by atoms with Gasteiger partial charge in [-0.1, -0.05) is 281 Å². The highest BCUT2D eigenvalue weighted by molar-refractivity contribution is 5.76. The molecule has 0 aromatic carbocycles. The molecule has 3 saturated heterocycles. The first kappa shape index (κ1) is 88.0. The maximum atomic E-state index is 13.4. The van der Waals surface area contributed by atoms with Gasteiger partial charge in [-0.15, -0.1) is 0 Å². The zero-order valence-corrected chi connectivity index (χ0v) is 59.9. The van der Waals surface area contributed by atoms with Crippen LogP contribution in [0.25, 0.3) is 0 Å². The molecule has 562 valence electrons. The number of hydrogen-bond donors (Lipinski definition) is 12. The second-order valence-electron chi connectivity index (χ2n) is 27.8. The molecule has 3 fully saturated rings. The van der Waals surface area contributed by atoms with Crippen molar-refractivity contribution in [2.75, 3.05) is 26.4 Å². The van der Waals surface area contributed by atoms with Crippen molar-refractivity contribution < 1.29 is 89.4 Å². The predicted octanol–water partition coefficient (Wildman–Crippen LogP) is 12.1. The van der Waals surface area contributed by atoms with Gasteiger partial charge in [-0.2, -0.15) is 0 Å². The van der Waals surface area contributed by atoms with Crippen LogP contribution in [0.2, 0.25) is 0 Å². The molecule has 3 rings (SSSR count). The Morgan fingerprint density at radius 1 is 0.375 bits per heavy atom. The second-order valence-corrected chi connectivity index (χ2v) is 27.8. The van der Waals surface area contributed by atoms with E-state index in [1.807, 2.05) is 6.08 Å². The molecule has 0 spiro atoms. The molecule has 3 aliphatic rings. The molecule has 12 N–H and O–H groups in total. The first-order chi connectivity index (χ1) is 46.8. The number of aliphatic hydroxyl groups is 11. The standard InChI is InChI=1S/C77H141NO18/c1-3-5-7-9-11-13-15-17-18-19-20-21-22-23-24-25-26-27-28-29-30-31-32-33-34-35-36-37-38-39-40-41-42-43-45-47-49-51-53-55-65(83)78-60(61(82)54-52-50-48-46-44-16-14-12-10-8-6-4-2)59-91-75-71(89)68(86)73(63(57-80)93-75)96-77-72(90)69(87)74(64(58-81)94-77)95-76-70(88)67(85)66(84)62(56-79)92-76/h15,17,19-20,44,46,52,54,60-64,66-77,79-82,84-90H,3-14,16,18,21-43,45,47-51,53,55-59H2,1-2H3,(H,78,83)/b17-15-,20-19-,46-44+,54-52+. The van der Waals surface area contributed by atoms with Crippen molar-refractivity contribution in [3.05, 3.63) is 48.6 Å². The van der Waals surface area contributed by atoms with Crippen molar-refractivity contribution in [1.29, 1.82) is 0 Å². The van der Waals surface area contributed by atoms with E-state index in [4.69, 9.17) is 28.4 Å². The Balaban J connectivity index is 1.28. The molecule has 96 heavy (non-hydrogen) atoms. The number of aliphatic hydroxyl groups excluding tert-OH is 11. The molecule has 0 radical (unpaired) electrons. The highest BCUT2D eigenvalue weighted by Crippen LogP contribution is 2.33. The maximum absolute atomic E-state index is 13.4. The topological polar surface area (TPSA) is 307 Å². The quantitative estimate of drug-likeness (QED) is 0.0199. The number of carbonyl (C=O) groups is 1. The lowest BCUT2D eigenvalue weighted by Gasteiger charge is -2.48. The molecule has 0 aliphatic carbocycles. The number of ether oxygens (including phenoxy) is 6. The predicted molar refractivity (Wildman–Crippen MR) is 379 cm³/mol. The van der Waals surface area contributed by atoms with Gasteiger partial charge in [-0.3, -0.25) is 4.79 Å². The van der Waals surface area contributed by atoms with Gasteiger partial charge in [0.2, 0.25) is 5.91 Å². The highest BCUT2D eigenvalue weighted by atomic mass is 16.8. The normalized spacial score (nSPS) is 27.3. The van der Waals surface area contributed by atoms with E-state index in [1.54, 1.807) is 6.08 Å². The maximum Gasteiger partial charge on any atom is 0.220 e. The van der Waals surface area contributed by atoms with Gasteiger partial charge in [0.05, 0.1) is 38.6 Å². The molecule has 1 amide bonds. The summed E-state index contributed by atoms with van der Waals surface area (Å²) in [5.74, 6) is -0.282. The van der Waals surface area contributed by atoms with Crippen LogP contribution in [0, 0.1) is 0 Å². The van der Waals surface area contributed by atoms with Gasteiger partial charge in [-0.25, -0.2) is 0 Å². The Labute approximate surface area is 580 Å². The lowest BCUT2D eigenvalue weighted by Crippen LogP contribution is -2.66. The van der Waals surface area contributed by atoms with Crippen LogP contribution in [-0.2, 0) is 33.2 Å². The number of nitrogens with one attached hydrogen (secondary N) is 1. The number of carbonyl (C=O) groups excluding carboxylic acids is 1. The van der Waals surface area contributed by atoms with E-state index < -0.39 is 124 Å². The van der Waals surface area contributed by atoms with Gasteiger partial charge >= 0.3 is 0 Å². The monoisotopic (exact) mass is 1370 g/mol. The van der Waals surface area contributed by atoms with Crippen LogP contribution in [-0.4, -0.2) is 193 Å². The average Bonchev–Trinajstić information content (AvgIpc) is 0.787. The molecule has 0 aromatic heterocycles. The fourth-order valence-electron chi connectivity index (χ4n) is 13.1. The van der Waals surface area contributed by atoms with E-state index in [0.717, 1.165) is 44.9 Å². The van der Waals surface area contributed by atoms with E-state index in [0.29, 0.717) is 12.8 Å². The summed E-state index contributed by atoms with van der Waals surface area (Å²) in [7, 11) is 0. The van der Waals surface area contributed by atoms with Crippen LogP contribution in [0.1, 0.15) is 303 Å². The Morgan fingerprint density at radius 2 is 0.698 bits per heavy atom. The Hall–Kier alpha value is -2.25. The van der Waals surface area contributed by atoms with Crippen LogP contribution in [0.15, 0.2) is 48.6 Å². The SMILES string of the molecule is CCCCCCC/C=C\C/C=C\CCCCCCCCCCCCCCCCCCCCCCCCCCCCCC(=O)NC(COC1OC(CO)C(OC2OC(CO)C(OC3OC(CO)C(O)C(O)C3O)C(O)C2O)C(O)C1O)C(O)/C=C/CC/C=C/CCCCCCCC. The van der Waals surface area contributed by atoms with Crippen molar-refractivity contribution in [2.24, 2.45) is 0 Å². The summed E-state index contributed by atoms with van der Waals surface area (Å²) in [6.45, 7) is 1.70. The van der Waals surface area contributed by atoms with Gasteiger partial charge in [0, 0.05) is 6.42 Å². The molecular formula is C77H141NO18. The van der Waals surface area contributed by atoms with Crippen LogP contribution in [0.5, 0.6) is 0 Å². The molecule has 0 bridgehead atoms. The summed E-state index contributed by atoms with van der Waals surface area (Å²) in [6, 6.07) is -0.988. The van der Waals surface area contributed by atoms with E-state index in [9.17, 15) is 61.0 Å². The lowest BCUT2D eigenvalue weighted by atomic mass is 9.96. The number of amides is 1. The molecule has 17 atom stereocenters. The van der Waals surface area contributed by atoms with Crippen molar-refractivity contribution in [1.82, 2.24) is 5.32 Å². The smallest absolute Gasteiger partial charge is 0.220 e. The highest BCUT2D eigenvalue weighted by Gasteiger charge is 2.53. The Morgan fingerprint density at radius 3 is 1.10 bits per heavy atom. The van der Waals surface area contributed by atoms with Crippen molar-refractivity contribution in [3.63, 3.8) is 0 Å². The zero-order chi connectivity index (χ0) is 69.6. The van der Waals surface area contributed by atoms with Crippen LogP contribution in [0.4, 0.5) is 0 Å². The molecule has 19 heteroatoms. The summed E-state index contributed by atoms with van der Waals surface area (Å²) in [5, 5.41) is 120. The largest absolute Gasteiger partial charge is 0.394 e. The summed E-state index contributed by atoms with van der Waals surface area (Å²) in [6.07, 6.45) is 45.8. The minimum Gasteiger partial charge on any atom is -0.394 e. The van der Waals surface area contributed by atoms with E-state index in [2.05, 4.69) is 55.6 Å². The van der Waals surface area contributed by atoms with Crippen LogP contribution in [0.3, 0.4) is 0 Å². The van der Waals surface area contributed by atoms with Crippen LogP contribution >= 0.6 is 0 Å². The van der Waals surface area contributed by atoms with Gasteiger partial charge in [0.15, 0.2) is 18.9 Å². The molecule has 0 saturated carbocycles. The van der Waals surface area contributed by atoms with Crippen LogP contribution < -0.4 is 5.32 Å². The van der Waals surface area contributed by atoms with Crippen molar-refractivity contribution in [2.45, 2.75) is 407 Å². The summed E-state index contributed by atoms with van der Waals surface area (Å²) < 4.78 is 34.3. The number of hydrogen-bond acceptors (Lipinski definition) is 18. The van der Waals surface area contributed by atoms with E-state index in [1.165, 1.54) is 225 Å². The van der Waals surface area contributed by atoms with Crippen molar-refractivity contribution in [3.8, 4) is 0 Å². The van der Waals surface area contributed by atoms with Gasteiger partial charge < -0.3 is 89.9 Å². The molecule has 0 aromatic rings. The van der Waals surface area contributed by atoms with Crippen molar-refractivity contribution >= 4 is 5.91 Å². The van der Waals surface area contributed by atoms with E-state index >= 15 is 0 Å². The fraction of sp³-hybridized carbons (Fsp3) is 0.883. The second kappa shape index (κ2) is 58.3. The molecule has 19 nitrogen and oxygen atoms in total. The number of unbranched alkanes of at least 4 members (excludes halogenated alkanes) is 39. The number of allylic oxidation sites excluding steroid dienone is 7. The zero-order valence-electron chi connectivity index (χ0n) is 59.9. The summed E-state index contributed by atoms with van der Waals surface area (Å²) in [5.41, 5.74) is 0. The third-order valence-corrected chi connectivity index (χ3v) is 19.3. The molecule has 17 unspecified atom stereocenters. The third-order valence-electron chi connectivity index (χ3n) is 19.3.